The van der Waals surface area contributed by atoms with E-state index in [-0.39, 0.29) is 30.5 Å². The molecule has 3 atom stereocenters. The van der Waals surface area contributed by atoms with Gasteiger partial charge < -0.3 is 23.5 Å². The Kier molecular flexibility index (Phi) is 10.8. The summed E-state index contributed by atoms with van der Waals surface area (Å²) in [5.74, 6) is -3.49. The molecule has 0 spiro atoms. The van der Waals surface area contributed by atoms with Crippen molar-refractivity contribution in [2.75, 3.05) is 31.2 Å². The summed E-state index contributed by atoms with van der Waals surface area (Å²) in [4.78, 5) is 33.1. The number of ketones is 1. The van der Waals surface area contributed by atoms with Gasteiger partial charge in [-0.1, -0.05) is 17.3 Å². The topological polar surface area (TPSA) is 154 Å². The highest BCUT2D eigenvalue weighted by Gasteiger charge is 2.32. The van der Waals surface area contributed by atoms with Gasteiger partial charge in [0.05, 0.1) is 42.8 Å². The van der Waals surface area contributed by atoms with Gasteiger partial charge in [-0.3, -0.25) is 13.8 Å². The fraction of sp³-hybridized carbons (Fsp3) is 0.314. The fourth-order valence-corrected chi connectivity index (χ4v) is 6.66. The number of hydrogen-bond acceptors (Lipinski definition) is 10. The molecular formula is C35H33F3N5O7S-. The molecule has 0 amide bonds. The number of aromatic nitrogens is 3. The highest BCUT2D eigenvalue weighted by atomic mass is 32.2. The van der Waals surface area contributed by atoms with E-state index in [1.54, 1.807) is 49.5 Å². The summed E-state index contributed by atoms with van der Waals surface area (Å²) in [5, 5.41) is 5.23. The number of anilines is 1. The molecule has 1 fully saturated rings. The molecule has 0 saturated carbocycles. The molecule has 1 saturated heterocycles. The van der Waals surface area contributed by atoms with Crippen LogP contribution >= 0.6 is 0 Å². The quantitative estimate of drug-likeness (QED) is 0.0615. The molecule has 1 N–H and O–H groups in total. The number of nitrogens with one attached hydrogen (secondary N) is 1. The first-order valence-electron chi connectivity index (χ1n) is 16.1. The minimum atomic E-state index is -3.07. The molecule has 4 heterocycles. The lowest BCUT2D eigenvalue weighted by molar-refractivity contribution is -0.143. The first kappa shape index (κ1) is 35.8. The predicted octanol–water partition coefficient (Wildman–Crippen LogP) is 6.10. The average Bonchev–Trinajstić information content (AvgIpc) is 3.86. The Morgan fingerprint density at radius 3 is 2.61 bits per heavy atom. The van der Waals surface area contributed by atoms with Crippen molar-refractivity contribution < 1.29 is 45.5 Å². The van der Waals surface area contributed by atoms with Crippen molar-refractivity contribution in [1.29, 1.82) is 0 Å². The van der Waals surface area contributed by atoms with Crippen LogP contribution in [0, 0.1) is 18.6 Å². The Morgan fingerprint density at radius 1 is 1.16 bits per heavy atom. The number of pyridine rings is 1. The normalized spacial score (nSPS) is 15.9. The van der Waals surface area contributed by atoms with Crippen LogP contribution in [-0.4, -0.2) is 73.6 Å². The standard InChI is InChI=1S/C35H34F3N5O7S/c1-20-15-30(50-41-20)25(35(45)48-2)5-3-4-14-49-24-8-6-21(7-9-24)22-16-26-27(18-40-34(26)39-17-22)33(44)31-28(37)10-11-29(32(31)38)43(51(46)47)42-13-12-23(36)19-42/h6-11,15-18,23,25H,3-5,12-14,19H2,1-2H3,(H,39,40)(H,46,47)/p-1/t23-,25?/m1/s1. The van der Waals surface area contributed by atoms with Gasteiger partial charge in [0, 0.05) is 41.5 Å². The van der Waals surface area contributed by atoms with Crippen LogP contribution in [0.1, 0.15) is 59.0 Å². The highest BCUT2D eigenvalue weighted by Crippen LogP contribution is 2.33. The molecule has 0 bridgehead atoms. The van der Waals surface area contributed by atoms with Crippen molar-refractivity contribution in [2.45, 2.75) is 44.7 Å². The fourth-order valence-electron chi connectivity index (χ4n) is 6.02. The largest absolute Gasteiger partial charge is 0.754 e. The highest BCUT2D eigenvalue weighted by molar-refractivity contribution is 7.80. The number of hydrazine groups is 1. The molecule has 0 radical (unpaired) electrons. The number of rotatable bonds is 14. The number of carbonyl (C=O) groups is 2. The summed E-state index contributed by atoms with van der Waals surface area (Å²) in [6.07, 6.45) is 3.42. The maximum atomic E-state index is 15.8. The molecule has 5 aromatic rings. The smallest absolute Gasteiger partial charge is 0.316 e. The Hall–Kier alpha value is -5.06. The van der Waals surface area contributed by atoms with E-state index >= 15 is 8.78 Å². The molecule has 51 heavy (non-hydrogen) atoms. The van der Waals surface area contributed by atoms with Crippen molar-refractivity contribution in [3.63, 3.8) is 0 Å². The van der Waals surface area contributed by atoms with Crippen LogP contribution in [0.5, 0.6) is 5.75 Å². The van der Waals surface area contributed by atoms with E-state index in [4.69, 9.17) is 14.0 Å². The number of fused-ring (bicyclic) bond motifs is 1. The number of benzene rings is 2. The molecule has 2 aromatic carbocycles. The Morgan fingerprint density at radius 2 is 1.94 bits per heavy atom. The van der Waals surface area contributed by atoms with Crippen molar-refractivity contribution in [3.8, 4) is 16.9 Å². The van der Waals surface area contributed by atoms with E-state index in [1.165, 1.54) is 13.3 Å². The predicted molar refractivity (Wildman–Crippen MR) is 179 cm³/mol. The van der Waals surface area contributed by atoms with Crippen LogP contribution in [0.3, 0.4) is 0 Å². The number of ether oxygens (including phenoxy) is 2. The number of hydrogen-bond donors (Lipinski definition) is 1. The molecule has 2 unspecified atom stereocenters. The summed E-state index contributed by atoms with van der Waals surface area (Å²) in [7, 11) is 1.33. The van der Waals surface area contributed by atoms with Crippen LogP contribution in [0.2, 0.25) is 0 Å². The minimum absolute atomic E-state index is 0.0106. The SMILES string of the molecule is COC(=O)C(CCCCOc1ccc(-c2cnc3[nH]cc(C(=O)c4c(F)ccc(N(N5CC[C@@H](F)C5)S(=O)[O-])c4F)c3c2)cc1)c1cc(C)no1. The molecule has 1 aliphatic heterocycles. The summed E-state index contributed by atoms with van der Waals surface area (Å²) < 4.78 is 85.5. The second-order valence-electron chi connectivity index (χ2n) is 12.0. The van der Waals surface area contributed by atoms with Gasteiger partial charge >= 0.3 is 5.97 Å². The molecule has 6 rings (SSSR count). The number of unbranched alkanes of at least 4 members (excludes halogenated alkanes) is 1. The average molecular weight is 725 g/mol. The molecule has 12 nitrogen and oxygen atoms in total. The summed E-state index contributed by atoms with van der Waals surface area (Å²) in [5.41, 5.74) is 0.664. The number of alkyl halides is 1. The van der Waals surface area contributed by atoms with E-state index in [0.717, 1.165) is 22.7 Å². The van der Waals surface area contributed by atoms with Crippen LogP contribution in [0.25, 0.3) is 22.2 Å². The first-order valence-corrected chi connectivity index (χ1v) is 17.1. The second kappa shape index (κ2) is 15.4. The molecule has 3 aromatic heterocycles. The number of esters is 1. The van der Waals surface area contributed by atoms with Gasteiger partial charge in [-0.25, -0.2) is 27.6 Å². The summed E-state index contributed by atoms with van der Waals surface area (Å²) >= 11 is -3.07. The van der Waals surface area contributed by atoms with Crippen molar-refractivity contribution in [1.82, 2.24) is 20.1 Å². The van der Waals surface area contributed by atoms with Gasteiger partial charge in [-0.15, -0.1) is 0 Å². The van der Waals surface area contributed by atoms with Crippen LogP contribution in [0.15, 0.2) is 65.4 Å². The maximum Gasteiger partial charge on any atom is 0.316 e. The van der Waals surface area contributed by atoms with Gasteiger partial charge in [-0.2, -0.15) is 0 Å². The van der Waals surface area contributed by atoms with Crippen molar-refractivity contribution in [2.24, 2.45) is 0 Å². The number of aromatic amines is 1. The van der Waals surface area contributed by atoms with Crippen LogP contribution in [-0.2, 0) is 20.8 Å². The summed E-state index contributed by atoms with van der Waals surface area (Å²) in [6, 6.07) is 12.2. The van der Waals surface area contributed by atoms with Gasteiger partial charge in [0.1, 0.15) is 35.0 Å². The number of carbonyl (C=O) groups excluding carboxylic acids is 2. The van der Waals surface area contributed by atoms with Gasteiger partial charge in [0.2, 0.25) is 5.78 Å². The van der Waals surface area contributed by atoms with Gasteiger partial charge in [-0.05, 0) is 68.5 Å². The van der Waals surface area contributed by atoms with E-state index < -0.39 is 58.0 Å². The second-order valence-corrected chi connectivity index (χ2v) is 12.8. The van der Waals surface area contributed by atoms with Crippen molar-refractivity contribution >= 4 is 39.7 Å². The van der Waals surface area contributed by atoms with E-state index in [1.807, 2.05) is 0 Å². The van der Waals surface area contributed by atoms with Crippen molar-refractivity contribution in [3.05, 3.63) is 95.1 Å². The third-order valence-electron chi connectivity index (χ3n) is 8.61. The lowest BCUT2D eigenvalue weighted by Crippen LogP contribution is -2.43. The molecular weight excluding hydrogens is 691 g/mol. The third-order valence-corrected chi connectivity index (χ3v) is 9.32. The van der Waals surface area contributed by atoms with E-state index in [0.29, 0.717) is 58.7 Å². The Bertz CT molecular complexity index is 2070. The van der Waals surface area contributed by atoms with E-state index in [2.05, 4.69) is 15.1 Å². The Labute approximate surface area is 292 Å². The van der Waals surface area contributed by atoms with E-state index in [9.17, 15) is 22.7 Å². The number of methoxy groups -OCH3 is 1. The Balaban J connectivity index is 1.14. The number of halogens is 3. The minimum Gasteiger partial charge on any atom is -0.754 e. The first-order chi connectivity index (χ1) is 24.5. The zero-order valence-corrected chi connectivity index (χ0v) is 28.4. The lowest BCUT2D eigenvalue weighted by atomic mass is 9.99. The zero-order valence-electron chi connectivity index (χ0n) is 27.6. The summed E-state index contributed by atoms with van der Waals surface area (Å²) in [6.45, 7) is 1.86. The van der Waals surface area contributed by atoms with Crippen LogP contribution < -0.4 is 9.15 Å². The lowest BCUT2D eigenvalue weighted by Gasteiger charge is -2.34. The van der Waals surface area contributed by atoms with Gasteiger partial charge in [0.25, 0.3) is 0 Å². The van der Waals surface area contributed by atoms with Gasteiger partial charge in [0.15, 0.2) is 11.6 Å². The van der Waals surface area contributed by atoms with Crippen LogP contribution in [0.4, 0.5) is 18.9 Å². The maximum absolute atomic E-state index is 15.8. The number of nitrogens with zero attached hydrogens (tertiary/aromatic N) is 4. The third kappa shape index (κ3) is 7.67. The molecule has 268 valence electrons. The molecule has 0 aliphatic carbocycles. The number of aryl methyl sites for hydroxylation is 1. The zero-order chi connectivity index (χ0) is 36.2. The molecule has 16 heteroatoms. The number of H-pyrrole nitrogens is 1. The monoisotopic (exact) mass is 724 g/mol. The molecule has 1 aliphatic rings.